The Morgan fingerprint density at radius 1 is 1.39 bits per heavy atom. The molecule has 1 aromatic heterocycles. The molecule has 18 heavy (non-hydrogen) atoms. The molecule has 0 aliphatic heterocycles. The van der Waals surface area contributed by atoms with Crippen molar-refractivity contribution in [2.24, 2.45) is 13.0 Å². The van der Waals surface area contributed by atoms with Gasteiger partial charge in [-0.15, -0.1) is 0 Å². The van der Waals surface area contributed by atoms with E-state index in [-0.39, 0.29) is 23.2 Å². The third-order valence-electron chi connectivity index (χ3n) is 3.03. The summed E-state index contributed by atoms with van der Waals surface area (Å²) in [5.41, 5.74) is 0.446. The Hall–Kier alpha value is -1.85. The zero-order chi connectivity index (χ0) is 13.9. The zero-order valence-electron chi connectivity index (χ0n) is 11.1. The molecular formula is C12H19N3O3. The standard InChI is InChI=1S/C12H19N3O3/c1-5-8(6-2)11(16)13-10-9(12(17)18)7(3)14-15(10)4/h8H,5-6H2,1-4H3,(H,13,16)(H,17,18). The average Bonchev–Trinajstić information content (AvgIpc) is 2.55. The molecule has 0 fully saturated rings. The fourth-order valence-corrected chi connectivity index (χ4v) is 1.94. The van der Waals surface area contributed by atoms with Gasteiger partial charge in [0.05, 0.1) is 5.69 Å². The summed E-state index contributed by atoms with van der Waals surface area (Å²) in [4.78, 5) is 23.1. The first-order valence-electron chi connectivity index (χ1n) is 6.00. The molecule has 0 saturated carbocycles. The topological polar surface area (TPSA) is 84.2 Å². The van der Waals surface area contributed by atoms with Crippen molar-refractivity contribution in [1.29, 1.82) is 0 Å². The van der Waals surface area contributed by atoms with E-state index in [0.29, 0.717) is 5.69 Å². The minimum absolute atomic E-state index is 0.0526. The highest BCUT2D eigenvalue weighted by Crippen LogP contribution is 2.20. The molecule has 1 amide bonds. The number of nitrogens with zero attached hydrogens (tertiary/aromatic N) is 2. The van der Waals surface area contributed by atoms with Gasteiger partial charge in [0.25, 0.3) is 0 Å². The summed E-state index contributed by atoms with van der Waals surface area (Å²) < 4.78 is 1.39. The summed E-state index contributed by atoms with van der Waals surface area (Å²) in [5, 5.41) is 15.8. The molecule has 0 spiro atoms. The van der Waals surface area contributed by atoms with E-state index in [1.165, 1.54) is 4.68 Å². The van der Waals surface area contributed by atoms with Crippen molar-refractivity contribution < 1.29 is 14.7 Å². The van der Waals surface area contributed by atoms with Crippen molar-refractivity contribution in [3.8, 4) is 0 Å². The van der Waals surface area contributed by atoms with E-state index in [1.54, 1.807) is 14.0 Å². The second-order valence-corrected chi connectivity index (χ2v) is 4.24. The van der Waals surface area contributed by atoms with Crippen LogP contribution in [0.1, 0.15) is 42.7 Å². The molecule has 1 aromatic rings. The Labute approximate surface area is 106 Å². The predicted molar refractivity (Wildman–Crippen MR) is 67.6 cm³/mol. The fraction of sp³-hybridized carbons (Fsp3) is 0.583. The van der Waals surface area contributed by atoms with Crippen LogP contribution < -0.4 is 5.32 Å². The molecule has 1 rings (SSSR count). The van der Waals surface area contributed by atoms with Gasteiger partial charge in [0.2, 0.25) is 5.91 Å². The molecule has 2 N–H and O–H groups in total. The summed E-state index contributed by atoms with van der Waals surface area (Å²) >= 11 is 0. The van der Waals surface area contributed by atoms with Crippen LogP contribution >= 0.6 is 0 Å². The molecule has 0 aliphatic carbocycles. The largest absolute Gasteiger partial charge is 0.477 e. The lowest BCUT2D eigenvalue weighted by atomic mass is 10.0. The lowest BCUT2D eigenvalue weighted by Crippen LogP contribution is -2.24. The lowest BCUT2D eigenvalue weighted by molar-refractivity contribution is -0.120. The molecule has 0 bridgehead atoms. The van der Waals surface area contributed by atoms with Crippen LogP contribution in [0.5, 0.6) is 0 Å². The van der Waals surface area contributed by atoms with Crippen molar-refractivity contribution >= 4 is 17.7 Å². The van der Waals surface area contributed by atoms with E-state index in [0.717, 1.165) is 12.8 Å². The van der Waals surface area contributed by atoms with Gasteiger partial charge < -0.3 is 10.4 Å². The summed E-state index contributed by atoms with van der Waals surface area (Å²) in [7, 11) is 1.61. The molecule has 1 heterocycles. The van der Waals surface area contributed by atoms with Crippen LogP contribution in [0.2, 0.25) is 0 Å². The minimum Gasteiger partial charge on any atom is -0.477 e. The Bertz CT molecular complexity index is 461. The highest BCUT2D eigenvalue weighted by Gasteiger charge is 2.23. The van der Waals surface area contributed by atoms with Gasteiger partial charge in [0.1, 0.15) is 11.4 Å². The maximum atomic E-state index is 12.0. The van der Waals surface area contributed by atoms with E-state index in [4.69, 9.17) is 5.11 Å². The second-order valence-electron chi connectivity index (χ2n) is 4.24. The maximum Gasteiger partial charge on any atom is 0.341 e. The first-order chi connectivity index (χ1) is 8.42. The second kappa shape index (κ2) is 5.66. The molecular weight excluding hydrogens is 234 g/mol. The Morgan fingerprint density at radius 2 is 1.94 bits per heavy atom. The van der Waals surface area contributed by atoms with Crippen LogP contribution in [0.25, 0.3) is 0 Å². The number of rotatable bonds is 5. The number of carboxylic acid groups (broad SMARTS) is 1. The number of carbonyl (C=O) groups excluding carboxylic acids is 1. The summed E-state index contributed by atoms with van der Waals surface area (Å²) in [5.74, 6) is -1.11. The average molecular weight is 253 g/mol. The van der Waals surface area contributed by atoms with Crippen LogP contribution in [0.3, 0.4) is 0 Å². The first kappa shape index (κ1) is 14.2. The van der Waals surface area contributed by atoms with Gasteiger partial charge in [-0.25, -0.2) is 4.79 Å². The van der Waals surface area contributed by atoms with Crippen molar-refractivity contribution in [1.82, 2.24) is 9.78 Å². The summed E-state index contributed by atoms with van der Waals surface area (Å²) in [6, 6.07) is 0. The number of anilines is 1. The SMILES string of the molecule is CCC(CC)C(=O)Nc1c(C(=O)O)c(C)nn1C. The van der Waals surface area contributed by atoms with Crippen molar-refractivity contribution in [2.45, 2.75) is 33.6 Å². The van der Waals surface area contributed by atoms with Crippen LogP contribution in [0, 0.1) is 12.8 Å². The number of carboxylic acids is 1. The molecule has 100 valence electrons. The third-order valence-corrected chi connectivity index (χ3v) is 3.03. The summed E-state index contributed by atoms with van der Waals surface area (Å²) in [6.45, 7) is 5.47. The predicted octanol–water partition coefficient (Wildman–Crippen LogP) is 1.80. The van der Waals surface area contributed by atoms with Gasteiger partial charge in [-0.3, -0.25) is 9.48 Å². The Balaban J connectivity index is 3.04. The molecule has 0 aliphatic rings. The van der Waals surface area contributed by atoms with Crippen molar-refractivity contribution in [3.05, 3.63) is 11.3 Å². The normalized spacial score (nSPS) is 10.7. The van der Waals surface area contributed by atoms with Gasteiger partial charge in [0, 0.05) is 13.0 Å². The van der Waals surface area contributed by atoms with Gasteiger partial charge in [-0.1, -0.05) is 13.8 Å². The van der Waals surface area contributed by atoms with Gasteiger partial charge in [-0.2, -0.15) is 5.10 Å². The van der Waals surface area contributed by atoms with Gasteiger partial charge >= 0.3 is 5.97 Å². The summed E-state index contributed by atoms with van der Waals surface area (Å²) in [6.07, 6.45) is 1.45. The Kier molecular flexibility index (Phi) is 4.47. The molecule has 0 saturated heterocycles. The smallest absolute Gasteiger partial charge is 0.341 e. The number of nitrogens with one attached hydrogen (secondary N) is 1. The molecule has 6 nitrogen and oxygen atoms in total. The van der Waals surface area contributed by atoms with E-state index in [1.807, 2.05) is 13.8 Å². The molecule has 0 aromatic carbocycles. The fourth-order valence-electron chi connectivity index (χ4n) is 1.94. The third kappa shape index (κ3) is 2.69. The lowest BCUT2D eigenvalue weighted by Gasteiger charge is -2.13. The highest BCUT2D eigenvalue weighted by molar-refractivity contribution is 6.00. The zero-order valence-corrected chi connectivity index (χ0v) is 11.1. The van der Waals surface area contributed by atoms with Crippen molar-refractivity contribution in [3.63, 3.8) is 0 Å². The number of hydrogen-bond acceptors (Lipinski definition) is 3. The van der Waals surface area contributed by atoms with E-state index < -0.39 is 5.97 Å². The number of aromatic nitrogens is 2. The molecule has 6 heteroatoms. The van der Waals surface area contributed by atoms with E-state index in [2.05, 4.69) is 10.4 Å². The quantitative estimate of drug-likeness (QED) is 0.838. The maximum absolute atomic E-state index is 12.0. The highest BCUT2D eigenvalue weighted by atomic mass is 16.4. The number of hydrogen-bond donors (Lipinski definition) is 2. The van der Waals surface area contributed by atoms with Crippen LogP contribution in [-0.2, 0) is 11.8 Å². The number of amides is 1. The van der Waals surface area contributed by atoms with Gasteiger partial charge in [-0.05, 0) is 19.8 Å². The van der Waals surface area contributed by atoms with Crippen molar-refractivity contribution in [2.75, 3.05) is 5.32 Å². The van der Waals surface area contributed by atoms with Crippen LogP contribution in [0.4, 0.5) is 5.82 Å². The van der Waals surface area contributed by atoms with Crippen LogP contribution in [-0.4, -0.2) is 26.8 Å². The van der Waals surface area contributed by atoms with E-state index in [9.17, 15) is 9.59 Å². The van der Waals surface area contributed by atoms with Gasteiger partial charge in [0.15, 0.2) is 0 Å². The number of carbonyl (C=O) groups is 2. The Morgan fingerprint density at radius 3 is 2.39 bits per heavy atom. The molecule has 0 radical (unpaired) electrons. The monoisotopic (exact) mass is 253 g/mol. The van der Waals surface area contributed by atoms with Crippen LogP contribution in [0.15, 0.2) is 0 Å². The number of aromatic carboxylic acids is 1. The molecule has 0 unspecified atom stereocenters. The minimum atomic E-state index is -1.08. The van der Waals surface area contributed by atoms with E-state index >= 15 is 0 Å². The first-order valence-corrected chi connectivity index (χ1v) is 6.00. The number of aryl methyl sites for hydroxylation is 2. The molecule has 0 atom stereocenters.